The Morgan fingerprint density at radius 3 is 2.53 bits per heavy atom. The normalized spacial score (nSPS) is 15.6. The number of halogens is 3. The fourth-order valence-electron chi connectivity index (χ4n) is 3.95. The molecular weight excluding hydrogens is 503 g/mol. The largest absolute Gasteiger partial charge is 0.573 e. The summed E-state index contributed by atoms with van der Waals surface area (Å²) >= 11 is 0. The number of carbonyl (C=O) groups excluding carboxylic acids is 2. The van der Waals surface area contributed by atoms with Gasteiger partial charge in [0.05, 0.1) is 25.6 Å². The van der Waals surface area contributed by atoms with E-state index in [9.17, 15) is 22.8 Å². The zero-order valence-electron chi connectivity index (χ0n) is 20.5. The molecule has 0 aliphatic carbocycles. The van der Waals surface area contributed by atoms with Gasteiger partial charge in [-0.3, -0.25) is 14.6 Å². The molecule has 0 saturated heterocycles. The lowest BCUT2D eigenvalue weighted by Gasteiger charge is -2.29. The molecule has 1 aromatic heterocycles. The van der Waals surface area contributed by atoms with E-state index >= 15 is 0 Å². The summed E-state index contributed by atoms with van der Waals surface area (Å²) in [5.41, 5.74) is 2.32. The van der Waals surface area contributed by atoms with Gasteiger partial charge < -0.3 is 14.8 Å². The van der Waals surface area contributed by atoms with Crippen LogP contribution in [0.3, 0.4) is 0 Å². The number of aromatic nitrogens is 2. The number of ether oxygens (including phenoxy) is 2. The first-order valence-electron chi connectivity index (χ1n) is 11.7. The number of alkyl halides is 3. The van der Waals surface area contributed by atoms with Crippen molar-refractivity contribution in [1.82, 2.24) is 15.0 Å². The molecule has 1 aliphatic heterocycles. The molecule has 4 rings (SSSR count). The van der Waals surface area contributed by atoms with Gasteiger partial charge in [-0.25, -0.2) is 9.99 Å². The number of nitrogens with zero attached hydrogens (tertiary/aromatic N) is 4. The lowest BCUT2D eigenvalue weighted by Crippen LogP contribution is -2.36. The van der Waals surface area contributed by atoms with Crippen LogP contribution < -0.4 is 14.8 Å². The molecule has 0 saturated carbocycles. The highest BCUT2D eigenvalue weighted by atomic mass is 19.4. The van der Waals surface area contributed by atoms with E-state index in [-0.39, 0.29) is 36.2 Å². The predicted molar refractivity (Wildman–Crippen MR) is 132 cm³/mol. The van der Waals surface area contributed by atoms with Crippen molar-refractivity contribution in [3.8, 4) is 11.5 Å². The van der Waals surface area contributed by atoms with Crippen molar-refractivity contribution in [3.63, 3.8) is 0 Å². The van der Waals surface area contributed by atoms with Crippen molar-refractivity contribution in [2.75, 3.05) is 12.4 Å². The molecule has 1 aliphatic rings. The van der Waals surface area contributed by atoms with Crippen LogP contribution in [0.1, 0.15) is 41.4 Å². The Morgan fingerprint density at radius 2 is 1.89 bits per heavy atom. The van der Waals surface area contributed by atoms with Crippen molar-refractivity contribution in [3.05, 3.63) is 77.9 Å². The summed E-state index contributed by atoms with van der Waals surface area (Å²) in [5, 5.41) is 8.54. The van der Waals surface area contributed by atoms with E-state index in [1.807, 2.05) is 6.92 Å². The number of nitrogens with one attached hydrogen (secondary N) is 1. The van der Waals surface area contributed by atoms with E-state index in [4.69, 9.17) is 4.74 Å². The van der Waals surface area contributed by atoms with E-state index in [2.05, 4.69) is 25.1 Å². The van der Waals surface area contributed by atoms with Gasteiger partial charge in [-0.05, 0) is 42.3 Å². The zero-order chi connectivity index (χ0) is 27.3. The maximum Gasteiger partial charge on any atom is 0.573 e. The fraction of sp³-hybridized carbons (Fsp3) is 0.269. The van der Waals surface area contributed by atoms with Crippen LogP contribution in [0.5, 0.6) is 11.5 Å². The summed E-state index contributed by atoms with van der Waals surface area (Å²) in [6.45, 7) is 2.02. The first kappa shape index (κ1) is 26.6. The number of benzene rings is 2. The minimum atomic E-state index is -4.90. The van der Waals surface area contributed by atoms with Gasteiger partial charge >= 0.3 is 6.36 Å². The Hall–Kier alpha value is -4.48. The summed E-state index contributed by atoms with van der Waals surface area (Å²) < 4.78 is 47.9. The molecule has 38 heavy (non-hydrogen) atoms. The summed E-state index contributed by atoms with van der Waals surface area (Å²) in [5.74, 6) is -1.46. The third kappa shape index (κ3) is 6.44. The maximum absolute atomic E-state index is 12.9. The molecule has 9 nitrogen and oxygen atoms in total. The maximum atomic E-state index is 12.9. The van der Waals surface area contributed by atoms with Gasteiger partial charge in [0, 0.05) is 36.0 Å². The van der Waals surface area contributed by atoms with E-state index in [0.29, 0.717) is 23.4 Å². The lowest BCUT2D eigenvalue weighted by atomic mass is 9.89. The monoisotopic (exact) mass is 527 g/mol. The SMILES string of the molecule is CCC1CC(=O)N(Cc2ccc(NC(=O)c3cnccn3)cc2)N=C1c1ccc(OC)c(OC(F)(F)F)c1. The molecule has 1 atom stereocenters. The average molecular weight is 528 g/mol. The number of hydrogen-bond acceptors (Lipinski definition) is 7. The van der Waals surface area contributed by atoms with Crippen LogP contribution in [0.15, 0.2) is 66.2 Å². The van der Waals surface area contributed by atoms with E-state index in [0.717, 1.165) is 5.56 Å². The predicted octanol–water partition coefficient (Wildman–Crippen LogP) is 4.80. The number of hydrazone groups is 1. The van der Waals surface area contributed by atoms with Crippen LogP contribution in [-0.2, 0) is 11.3 Å². The van der Waals surface area contributed by atoms with Gasteiger partial charge in [-0.1, -0.05) is 19.1 Å². The van der Waals surface area contributed by atoms with Gasteiger partial charge in [-0.15, -0.1) is 13.2 Å². The number of carbonyl (C=O) groups is 2. The van der Waals surface area contributed by atoms with Crippen molar-refractivity contribution >= 4 is 23.2 Å². The molecule has 0 bridgehead atoms. The number of anilines is 1. The topological polar surface area (TPSA) is 106 Å². The quantitative estimate of drug-likeness (QED) is 0.451. The summed E-state index contributed by atoms with van der Waals surface area (Å²) in [7, 11) is 1.25. The highest BCUT2D eigenvalue weighted by Crippen LogP contribution is 2.35. The highest BCUT2D eigenvalue weighted by molar-refractivity contribution is 6.06. The third-order valence-electron chi connectivity index (χ3n) is 5.84. The van der Waals surface area contributed by atoms with Crippen molar-refractivity contribution in [2.24, 2.45) is 11.0 Å². The van der Waals surface area contributed by atoms with Crippen molar-refractivity contribution in [2.45, 2.75) is 32.7 Å². The summed E-state index contributed by atoms with van der Waals surface area (Å²) in [6.07, 6.45) is 0.0666. The molecule has 1 N–H and O–H groups in total. The van der Waals surface area contributed by atoms with E-state index in [1.165, 1.54) is 42.8 Å². The van der Waals surface area contributed by atoms with Gasteiger partial charge in [-0.2, -0.15) is 5.10 Å². The number of amides is 2. The minimum absolute atomic E-state index is 0.0741. The van der Waals surface area contributed by atoms with Crippen LogP contribution in [-0.4, -0.2) is 46.0 Å². The fourth-order valence-corrected chi connectivity index (χ4v) is 3.95. The van der Waals surface area contributed by atoms with Gasteiger partial charge in [0.1, 0.15) is 5.69 Å². The molecule has 198 valence electrons. The molecule has 0 radical (unpaired) electrons. The second-order valence-corrected chi connectivity index (χ2v) is 8.40. The summed E-state index contributed by atoms with van der Waals surface area (Å²) in [6, 6.07) is 11.0. The van der Waals surface area contributed by atoms with Crippen LogP contribution >= 0.6 is 0 Å². The van der Waals surface area contributed by atoms with Crippen LogP contribution in [0.4, 0.5) is 18.9 Å². The molecule has 0 spiro atoms. The zero-order valence-corrected chi connectivity index (χ0v) is 20.5. The Kier molecular flexibility index (Phi) is 7.89. The lowest BCUT2D eigenvalue weighted by molar-refractivity contribution is -0.275. The van der Waals surface area contributed by atoms with Crippen LogP contribution in [0.2, 0.25) is 0 Å². The minimum Gasteiger partial charge on any atom is -0.493 e. The van der Waals surface area contributed by atoms with Crippen molar-refractivity contribution < 1.29 is 32.2 Å². The van der Waals surface area contributed by atoms with Gasteiger partial charge in [0.2, 0.25) is 5.91 Å². The third-order valence-corrected chi connectivity index (χ3v) is 5.84. The Labute approximate surface area is 216 Å². The van der Waals surface area contributed by atoms with E-state index < -0.39 is 18.0 Å². The average Bonchev–Trinajstić information content (AvgIpc) is 2.90. The second kappa shape index (κ2) is 11.3. The summed E-state index contributed by atoms with van der Waals surface area (Å²) in [4.78, 5) is 32.9. The number of methoxy groups -OCH3 is 1. The first-order valence-corrected chi connectivity index (χ1v) is 11.7. The molecular formula is C26H24F3N5O4. The second-order valence-electron chi connectivity index (χ2n) is 8.40. The number of hydrogen-bond donors (Lipinski definition) is 1. The smallest absolute Gasteiger partial charge is 0.493 e. The van der Waals surface area contributed by atoms with Crippen LogP contribution in [0, 0.1) is 5.92 Å². The molecule has 0 fully saturated rings. The first-order chi connectivity index (χ1) is 18.2. The standard InChI is InChI=1S/C26H24F3N5O4/c1-3-17-13-23(35)34(33-24(17)18-6-9-21(37-2)22(12-18)38-26(27,28)29)15-16-4-7-19(8-5-16)32-25(36)20-14-30-10-11-31-20/h4-12,14,17H,3,13,15H2,1-2H3,(H,32,36). The Morgan fingerprint density at radius 1 is 1.13 bits per heavy atom. The van der Waals surface area contributed by atoms with Gasteiger partial charge in [0.25, 0.3) is 5.91 Å². The molecule has 2 heterocycles. The Balaban J connectivity index is 1.54. The number of rotatable bonds is 8. The Bertz CT molecular complexity index is 1330. The molecule has 2 amide bonds. The van der Waals surface area contributed by atoms with Crippen molar-refractivity contribution in [1.29, 1.82) is 0 Å². The molecule has 1 unspecified atom stereocenters. The molecule has 2 aromatic carbocycles. The highest BCUT2D eigenvalue weighted by Gasteiger charge is 2.34. The van der Waals surface area contributed by atoms with Gasteiger partial charge in [0.15, 0.2) is 11.5 Å². The molecule has 12 heteroatoms. The molecule has 3 aromatic rings. The van der Waals surface area contributed by atoms with Crippen LogP contribution in [0.25, 0.3) is 0 Å². The van der Waals surface area contributed by atoms with E-state index in [1.54, 1.807) is 30.3 Å².